The lowest BCUT2D eigenvalue weighted by Crippen LogP contribution is -2.33. The van der Waals surface area contributed by atoms with Crippen LogP contribution in [0.15, 0.2) is 51.7 Å². The van der Waals surface area contributed by atoms with Crippen molar-refractivity contribution in [1.82, 2.24) is 4.90 Å². The molecule has 7 heteroatoms. The van der Waals surface area contributed by atoms with Crippen LogP contribution in [0.1, 0.15) is 54.9 Å². The third-order valence-electron chi connectivity index (χ3n) is 6.32. The standard InChI is InChI=1S/C26H28N2O5/c1-16(29)27-20-10-8-17-13-23(26(32)33-24(17)14-20)22-11-9-18(25(30)31)12-19(22)15-28(2)21-6-4-3-5-7-21/h8-14,21H,3-7,15H2,1-2H3,(H,27,29)(H,30,31). The third kappa shape index (κ3) is 5.14. The summed E-state index contributed by atoms with van der Waals surface area (Å²) < 4.78 is 5.59. The number of carboxylic acid groups (broad SMARTS) is 1. The molecule has 1 heterocycles. The molecule has 0 spiro atoms. The summed E-state index contributed by atoms with van der Waals surface area (Å²) >= 11 is 0. The molecule has 4 rings (SSSR count). The number of aromatic carboxylic acids is 1. The highest BCUT2D eigenvalue weighted by atomic mass is 16.4. The summed E-state index contributed by atoms with van der Waals surface area (Å²) in [5.74, 6) is -1.21. The first-order valence-corrected chi connectivity index (χ1v) is 11.2. The van der Waals surface area contributed by atoms with E-state index in [0.29, 0.717) is 40.4 Å². The van der Waals surface area contributed by atoms with E-state index >= 15 is 0 Å². The molecule has 0 atom stereocenters. The summed E-state index contributed by atoms with van der Waals surface area (Å²) in [7, 11) is 2.06. The zero-order valence-corrected chi connectivity index (χ0v) is 18.9. The highest BCUT2D eigenvalue weighted by Gasteiger charge is 2.21. The number of hydrogen-bond acceptors (Lipinski definition) is 5. The maximum atomic E-state index is 12.9. The van der Waals surface area contributed by atoms with Gasteiger partial charge in [-0.15, -0.1) is 0 Å². The summed E-state index contributed by atoms with van der Waals surface area (Å²) in [6.45, 7) is 1.95. The van der Waals surface area contributed by atoms with E-state index < -0.39 is 11.6 Å². The first-order valence-electron chi connectivity index (χ1n) is 11.2. The Morgan fingerprint density at radius 2 is 1.82 bits per heavy atom. The monoisotopic (exact) mass is 448 g/mol. The van der Waals surface area contributed by atoms with E-state index in [1.807, 2.05) is 0 Å². The number of anilines is 1. The Morgan fingerprint density at radius 3 is 2.52 bits per heavy atom. The van der Waals surface area contributed by atoms with Crippen molar-refractivity contribution < 1.29 is 19.1 Å². The predicted molar refractivity (Wildman–Crippen MR) is 128 cm³/mol. The van der Waals surface area contributed by atoms with Gasteiger partial charge in [-0.2, -0.15) is 0 Å². The van der Waals surface area contributed by atoms with Gasteiger partial charge in [0.25, 0.3) is 0 Å². The minimum atomic E-state index is -1.00. The van der Waals surface area contributed by atoms with Crippen LogP contribution in [0, 0.1) is 0 Å². The van der Waals surface area contributed by atoms with Crippen LogP contribution >= 0.6 is 0 Å². The Bertz CT molecular complexity index is 1260. The summed E-state index contributed by atoms with van der Waals surface area (Å²) in [5.41, 5.74) is 2.44. The van der Waals surface area contributed by atoms with Crippen LogP contribution in [0.4, 0.5) is 5.69 Å². The van der Waals surface area contributed by atoms with E-state index in [1.54, 1.807) is 36.4 Å². The van der Waals surface area contributed by atoms with Crippen molar-refractivity contribution in [3.8, 4) is 11.1 Å². The molecule has 0 aliphatic heterocycles. The number of carbonyl (C=O) groups is 2. The molecule has 1 aliphatic rings. The fourth-order valence-corrected chi connectivity index (χ4v) is 4.62. The number of fused-ring (bicyclic) bond motifs is 1. The molecule has 1 amide bonds. The van der Waals surface area contributed by atoms with Gasteiger partial charge in [-0.25, -0.2) is 9.59 Å². The molecule has 0 radical (unpaired) electrons. The summed E-state index contributed by atoms with van der Waals surface area (Å²) in [5, 5.41) is 12.9. The molecule has 3 aromatic rings. The molecule has 33 heavy (non-hydrogen) atoms. The topological polar surface area (TPSA) is 99.9 Å². The van der Waals surface area contributed by atoms with Crippen molar-refractivity contribution in [3.63, 3.8) is 0 Å². The SMILES string of the molecule is CC(=O)Nc1ccc2cc(-c3ccc(C(=O)O)cc3CN(C)C3CCCCC3)c(=O)oc2c1. The van der Waals surface area contributed by atoms with Crippen LogP contribution in [0.5, 0.6) is 0 Å². The van der Waals surface area contributed by atoms with E-state index in [0.717, 1.165) is 18.4 Å². The fraction of sp³-hybridized carbons (Fsp3) is 0.346. The molecule has 2 aromatic carbocycles. The first kappa shape index (κ1) is 22.7. The van der Waals surface area contributed by atoms with Gasteiger partial charge in [0.2, 0.25) is 5.91 Å². The Kier molecular flexibility index (Phi) is 6.60. The van der Waals surface area contributed by atoms with Crippen LogP contribution in [-0.4, -0.2) is 35.0 Å². The van der Waals surface area contributed by atoms with Crippen LogP contribution in [0.2, 0.25) is 0 Å². The lowest BCUT2D eigenvalue weighted by atomic mass is 9.93. The summed E-state index contributed by atoms with van der Waals surface area (Å²) in [4.78, 5) is 38.1. The average Bonchev–Trinajstić information content (AvgIpc) is 2.79. The minimum Gasteiger partial charge on any atom is -0.478 e. The Morgan fingerprint density at radius 1 is 1.06 bits per heavy atom. The molecule has 1 fully saturated rings. The number of nitrogens with one attached hydrogen (secondary N) is 1. The van der Waals surface area contributed by atoms with Gasteiger partial charge >= 0.3 is 11.6 Å². The lowest BCUT2D eigenvalue weighted by molar-refractivity contribution is -0.114. The van der Waals surface area contributed by atoms with Gasteiger partial charge in [0.1, 0.15) is 5.58 Å². The van der Waals surface area contributed by atoms with Crippen molar-refractivity contribution in [2.45, 2.75) is 51.6 Å². The van der Waals surface area contributed by atoms with Crippen molar-refractivity contribution in [2.24, 2.45) is 0 Å². The summed E-state index contributed by atoms with van der Waals surface area (Å²) in [6, 6.07) is 12.2. The Balaban J connectivity index is 1.75. The van der Waals surface area contributed by atoms with Crippen LogP contribution < -0.4 is 10.9 Å². The molecular formula is C26H28N2O5. The number of carbonyl (C=O) groups excluding carboxylic acids is 1. The number of rotatable bonds is 6. The molecule has 7 nitrogen and oxygen atoms in total. The zero-order valence-electron chi connectivity index (χ0n) is 18.9. The van der Waals surface area contributed by atoms with Gasteiger partial charge in [0.05, 0.1) is 11.1 Å². The van der Waals surface area contributed by atoms with Gasteiger partial charge in [-0.1, -0.05) is 25.3 Å². The van der Waals surface area contributed by atoms with Crippen molar-refractivity contribution in [2.75, 3.05) is 12.4 Å². The number of hydrogen-bond donors (Lipinski definition) is 2. The Labute approximate surface area is 192 Å². The van der Waals surface area contributed by atoms with Crippen LogP contribution in [0.25, 0.3) is 22.1 Å². The zero-order chi connectivity index (χ0) is 23.5. The maximum absolute atomic E-state index is 12.9. The van der Waals surface area contributed by atoms with Crippen LogP contribution in [-0.2, 0) is 11.3 Å². The largest absolute Gasteiger partial charge is 0.478 e. The second-order valence-electron chi connectivity index (χ2n) is 8.77. The highest BCUT2D eigenvalue weighted by Crippen LogP contribution is 2.29. The van der Waals surface area contributed by atoms with E-state index in [-0.39, 0.29) is 11.5 Å². The molecule has 0 saturated heterocycles. The van der Waals surface area contributed by atoms with E-state index in [4.69, 9.17) is 4.42 Å². The second-order valence-corrected chi connectivity index (χ2v) is 8.77. The third-order valence-corrected chi connectivity index (χ3v) is 6.32. The van der Waals surface area contributed by atoms with E-state index in [2.05, 4.69) is 17.3 Å². The van der Waals surface area contributed by atoms with Crippen molar-refractivity contribution in [1.29, 1.82) is 0 Å². The lowest BCUT2D eigenvalue weighted by Gasteiger charge is -2.31. The van der Waals surface area contributed by atoms with E-state index in [9.17, 15) is 19.5 Å². The molecule has 172 valence electrons. The molecule has 0 unspecified atom stereocenters. The predicted octanol–water partition coefficient (Wildman–Crippen LogP) is 4.88. The van der Waals surface area contributed by atoms with Gasteiger partial charge in [0.15, 0.2) is 0 Å². The van der Waals surface area contributed by atoms with Crippen LogP contribution in [0.3, 0.4) is 0 Å². The number of nitrogens with zero attached hydrogens (tertiary/aromatic N) is 1. The van der Waals surface area contributed by atoms with Gasteiger partial charge < -0.3 is 14.8 Å². The summed E-state index contributed by atoms with van der Waals surface area (Å²) in [6.07, 6.45) is 5.90. The maximum Gasteiger partial charge on any atom is 0.344 e. The minimum absolute atomic E-state index is 0.191. The normalized spacial score (nSPS) is 14.5. The molecule has 0 bridgehead atoms. The fourth-order valence-electron chi connectivity index (χ4n) is 4.62. The molecular weight excluding hydrogens is 420 g/mol. The highest BCUT2D eigenvalue weighted by molar-refractivity contribution is 5.93. The second kappa shape index (κ2) is 9.58. The first-order chi connectivity index (χ1) is 15.8. The van der Waals surface area contributed by atoms with Gasteiger partial charge in [0, 0.05) is 36.7 Å². The van der Waals surface area contributed by atoms with E-state index in [1.165, 1.54) is 32.3 Å². The molecule has 2 N–H and O–H groups in total. The number of carboxylic acids is 1. The smallest absolute Gasteiger partial charge is 0.344 e. The average molecular weight is 449 g/mol. The van der Waals surface area contributed by atoms with Crippen molar-refractivity contribution >= 4 is 28.5 Å². The molecule has 1 aliphatic carbocycles. The molecule has 1 saturated carbocycles. The molecule has 1 aromatic heterocycles. The van der Waals surface area contributed by atoms with Gasteiger partial charge in [-0.3, -0.25) is 9.69 Å². The van der Waals surface area contributed by atoms with Crippen molar-refractivity contribution in [3.05, 3.63) is 64.0 Å². The quantitative estimate of drug-likeness (QED) is 0.521. The van der Waals surface area contributed by atoms with Gasteiger partial charge in [-0.05, 0) is 61.3 Å². The Hall–Kier alpha value is -3.45. The number of amides is 1. The number of benzene rings is 2.